The third kappa shape index (κ3) is 3.12. The largest absolute Gasteiger partial charge is 0.322 e. The first-order valence-corrected chi connectivity index (χ1v) is 5.73. The first kappa shape index (κ1) is 14.3. The van der Waals surface area contributed by atoms with Gasteiger partial charge in [-0.25, -0.2) is 6.57 Å². The van der Waals surface area contributed by atoms with E-state index in [9.17, 15) is 5.26 Å². The van der Waals surface area contributed by atoms with Crippen LogP contribution < -0.4 is 5.32 Å². The third-order valence-corrected chi connectivity index (χ3v) is 2.92. The summed E-state index contributed by atoms with van der Waals surface area (Å²) in [6.07, 6.45) is 1.13. The molecule has 0 aromatic carbocycles. The Balaban J connectivity index is 3.44. The Morgan fingerprint density at radius 2 is 1.95 bits per heavy atom. The molecule has 1 rings (SSSR count). The standard InChI is InChI=1S/C14H13N5/c1-14(2)4-11(10(6-15)7-16)12(8-17)13(5-14)19-9-18-3/h19H,4-5,9H2,1-2H3. The van der Waals surface area contributed by atoms with Gasteiger partial charge in [-0.2, -0.15) is 15.8 Å². The van der Waals surface area contributed by atoms with E-state index in [0.717, 1.165) is 0 Å². The van der Waals surface area contributed by atoms with Crippen LogP contribution in [0, 0.1) is 46.0 Å². The lowest BCUT2D eigenvalue weighted by atomic mass is 9.73. The predicted octanol–water partition coefficient (Wildman–Crippen LogP) is 2.39. The molecule has 0 fully saturated rings. The van der Waals surface area contributed by atoms with Gasteiger partial charge in [-0.15, -0.1) is 0 Å². The molecule has 0 bridgehead atoms. The summed E-state index contributed by atoms with van der Waals surface area (Å²) in [5, 5.41) is 30.2. The molecule has 0 spiro atoms. The zero-order valence-corrected chi connectivity index (χ0v) is 10.9. The molecule has 1 N–H and O–H groups in total. The summed E-state index contributed by atoms with van der Waals surface area (Å²) in [5.74, 6) is 0. The Morgan fingerprint density at radius 1 is 1.32 bits per heavy atom. The van der Waals surface area contributed by atoms with Crippen molar-refractivity contribution in [3.8, 4) is 18.2 Å². The second-order valence-corrected chi connectivity index (χ2v) is 5.05. The molecule has 0 saturated heterocycles. The molecule has 94 valence electrons. The number of hydrogen-bond acceptors (Lipinski definition) is 4. The maximum absolute atomic E-state index is 9.26. The van der Waals surface area contributed by atoms with Crippen LogP contribution in [0.4, 0.5) is 0 Å². The summed E-state index contributed by atoms with van der Waals surface area (Å²) >= 11 is 0. The molecule has 0 heterocycles. The molecule has 0 atom stereocenters. The highest BCUT2D eigenvalue weighted by molar-refractivity contribution is 5.57. The number of nitrogens with zero attached hydrogens (tertiary/aromatic N) is 4. The molecule has 0 aromatic heterocycles. The Labute approximate surface area is 112 Å². The average molecular weight is 251 g/mol. The molecular formula is C14H13N5. The minimum atomic E-state index is -0.154. The minimum Gasteiger partial charge on any atom is -0.322 e. The molecular weight excluding hydrogens is 238 g/mol. The lowest BCUT2D eigenvalue weighted by Crippen LogP contribution is -2.27. The SMILES string of the molecule is [C-]#[N+]CNC1=C(C#N)C(=C(C#N)C#N)CC(C)(C)C1. The van der Waals surface area contributed by atoms with Crippen molar-refractivity contribution in [3.05, 3.63) is 33.8 Å². The fourth-order valence-electron chi connectivity index (χ4n) is 2.17. The molecule has 0 aliphatic heterocycles. The summed E-state index contributed by atoms with van der Waals surface area (Å²) in [7, 11) is 0. The van der Waals surface area contributed by atoms with Crippen LogP contribution in [-0.4, -0.2) is 6.67 Å². The minimum absolute atomic E-state index is 0.0218. The van der Waals surface area contributed by atoms with Gasteiger partial charge in [0.25, 0.3) is 6.67 Å². The normalized spacial score (nSPS) is 16.6. The lowest BCUT2D eigenvalue weighted by Gasteiger charge is -2.32. The van der Waals surface area contributed by atoms with Crippen LogP contribution in [0.5, 0.6) is 0 Å². The molecule has 5 nitrogen and oxygen atoms in total. The van der Waals surface area contributed by atoms with E-state index in [-0.39, 0.29) is 17.7 Å². The Morgan fingerprint density at radius 3 is 2.42 bits per heavy atom. The van der Waals surface area contributed by atoms with Gasteiger partial charge in [-0.05, 0) is 18.3 Å². The molecule has 1 aliphatic rings. The zero-order valence-electron chi connectivity index (χ0n) is 10.9. The molecule has 1 aliphatic carbocycles. The van der Waals surface area contributed by atoms with Crippen molar-refractivity contribution in [3.63, 3.8) is 0 Å². The summed E-state index contributed by atoms with van der Waals surface area (Å²) in [6.45, 7) is 10.9. The van der Waals surface area contributed by atoms with E-state index in [4.69, 9.17) is 17.1 Å². The number of rotatable bonds is 2. The van der Waals surface area contributed by atoms with Crippen molar-refractivity contribution in [1.82, 2.24) is 5.32 Å². The average Bonchev–Trinajstić information content (AvgIpc) is 2.36. The van der Waals surface area contributed by atoms with Crippen LogP contribution in [0.25, 0.3) is 4.85 Å². The highest BCUT2D eigenvalue weighted by Crippen LogP contribution is 2.41. The Kier molecular flexibility index (Phi) is 4.31. The lowest BCUT2D eigenvalue weighted by molar-refractivity contribution is 0.339. The van der Waals surface area contributed by atoms with Crippen LogP contribution in [0.15, 0.2) is 22.4 Å². The van der Waals surface area contributed by atoms with Gasteiger partial charge in [0.2, 0.25) is 0 Å². The highest BCUT2D eigenvalue weighted by atomic mass is 15.0. The number of hydrogen-bond donors (Lipinski definition) is 1. The maximum atomic E-state index is 9.26. The van der Waals surface area contributed by atoms with Gasteiger partial charge in [0.1, 0.15) is 23.8 Å². The van der Waals surface area contributed by atoms with Crippen molar-refractivity contribution in [2.24, 2.45) is 5.41 Å². The van der Waals surface area contributed by atoms with Crippen molar-refractivity contribution < 1.29 is 0 Å². The fourth-order valence-corrected chi connectivity index (χ4v) is 2.17. The van der Waals surface area contributed by atoms with Crippen molar-refractivity contribution in [2.75, 3.05) is 6.67 Å². The van der Waals surface area contributed by atoms with Gasteiger partial charge in [-0.3, -0.25) is 4.85 Å². The topological polar surface area (TPSA) is 87.8 Å². The quantitative estimate of drug-likeness (QED) is 0.603. The predicted molar refractivity (Wildman–Crippen MR) is 68.5 cm³/mol. The molecule has 0 radical (unpaired) electrons. The van der Waals surface area contributed by atoms with Crippen LogP contribution in [-0.2, 0) is 0 Å². The summed E-state index contributed by atoms with van der Waals surface area (Å²) in [4.78, 5) is 3.21. The molecule has 19 heavy (non-hydrogen) atoms. The van der Waals surface area contributed by atoms with Crippen molar-refractivity contribution >= 4 is 0 Å². The van der Waals surface area contributed by atoms with E-state index in [0.29, 0.717) is 29.7 Å². The van der Waals surface area contributed by atoms with Crippen LogP contribution in [0.3, 0.4) is 0 Å². The first-order chi connectivity index (χ1) is 8.99. The number of nitriles is 3. The van der Waals surface area contributed by atoms with E-state index in [1.165, 1.54) is 0 Å². The molecule has 5 heteroatoms. The second kappa shape index (κ2) is 5.72. The molecule has 0 saturated carbocycles. The van der Waals surface area contributed by atoms with Crippen molar-refractivity contribution in [1.29, 1.82) is 15.8 Å². The van der Waals surface area contributed by atoms with Gasteiger partial charge in [0.15, 0.2) is 0 Å². The van der Waals surface area contributed by atoms with Crippen LogP contribution in [0.2, 0.25) is 0 Å². The van der Waals surface area contributed by atoms with Crippen LogP contribution >= 0.6 is 0 Å². The molecule has 0 amide bonds. The second-order valence-electron chi connectivity index (χ2n) is 5.05. The van der Waals surface area contributed by atoms with Crippen LogP contribution in [0.1, 0.15) is 26.7 Å². The Bertz CT molecular complexity index is 592. The Hall–Kier alpha value is -2.76. The summed E-state index contributed by atoms with van der Waals surface area (Å²) < 4.78 is 0. The van der Waals surface area contributed by atoms with E-state index in [1.807, 2.05) is 26.0 Å². The first-order valence-electron chi connectivity index (χ1n) is 5.73. The van der Waals surface area contributed by atoms with Crippen molar-refractivity contribution in [2.45, 2.75) is 26.7 Å². The fraction of sp³-hybridized carbons (Fsp3) is 0.429. The van der Waals surface area contributed by atoms with Gasteiger partial charge in [0, 0.05) is 11.3 Å². The zero-order chi connectivity index (χ0) is 14.5. The van der Waals surface area contributed by atoms with Gasteiger partial charge in [-0.1, -0.05) is 13.8 Å². The highest BCUT2D eigenvalue weighted by Gasteiger charge is 2.32. The van der Waals surface area contributed by atoms with Gasteiger partial charge < -0.3 is 5.32 Å². The third-order valence-electron chi connectivity index (χ3n) is 2.92. The maximum Gasteiger partial charge on any atom is 0.286 e. The van der Waals surface area contributed by atoms with E-state index in [2.05, 4.69) is 16.2 Å². The molecule has 0 aromatic rings. The van der Waals surface area contributed by atoms with E-state index in [1.54, 1.807) is 0 Å². The number of allylic oxidation sites excluding steroid dienone is 4. The van der Waals surface area contributed by atoms with Gasteiger partial charge in [0.05, 0.1) is 5.57 Å². The van der Waals surface area contributed by atoms with E-state index >= 15 is 0 Å². The summed E-state index contributed by atoms with van der Waals surface area (Å²) in [5.41, 5.74) is 1.29. The van der Waals surface area contributed by atoms with E-state index < -0.39 is 0 Å². The van der Waals surface area contributed by atoms with Gasteiger partial charge >= 0.3 is 0 Å². The molecule has 0 unspecified atom stereocenters. The number of nitrogens with one attached hydrogen (secondary N) is 1. The smallest absolute Gasteiger partial charge is 0.286 e. The summed E-state index contributed by atoms with van der Waals surface area (Å²) in [6, 6.07) is 5.74. The monoisotopic (exact) mass is 251 g/mol.